The number of hydrazine groups is 1. The first kappa shape index (κ1) is 17.3. The molecule has 3 aromatic rings. The van der Waals surface area contributed by atoms with Gasteiger partial charge in [0.05, 0.1) is 5.39 Å². The van der Waals surface area contributed by atoms with Gasteiger partial charge in [0.25, 0.3) is 11.8 Å². The number of anilines is 2. The number of imide groups is 1. The summed E-state index contributed by atoms with van der Waals surface area (Å²) >= 11 is 3.02. The second kappa shape index (κ2) is 6.43. The molecular formula is C15H12ClN5O2S2. The fourth-order valence-corrected chi connectivity index (χ4v) is 4.22. The molecule has 0 spiro atoms. The summed E-state index contributed by atoms with van der Waals surface area (Å²) in [5.41, 5.74) is 9.89. The van der Waals surface area contributed by atoms with Crippen molar-refractivity contribution in [3.63, 3.8) is 0 Å². The number of hydrogen-bond donors (Lipinski definition) is 2. The van der Waals surface area contributed by atoms with E-state index in [1.54, 1.807) is 18.3 Å². The number of nitrogen functional groups attached to an aromatic ring is 1. The van der Waals surface area contributed by atoms with Gasteiger partial charge >= 0.3 is 0 Å². The summed E-state index contributed by atoms with van der Waals surface area (Å²) in [4.78, 5) is 34.2. The van der Waals surface area contributed by atoms with Gasteiger partial charge in [0.15, 0.2) is 5.82 Å². The van der Waals surface area contributed by atoms with Crippen LogP contribution in [-0.2, 0) is 9.59 Å². The third-order valence-corrected chi connectivity index (χ3v) is 5.33. The van der Waals surface area contributed by atoms with E-state index in [0.717, 1.165) is 20.8 Å². The Bertz CT molecular complexity index is 1010. The van der Waals surface area contributed by atoms with E-state index in [1.165, 1.54) is 17.4 Å². The first-order chi connectivity index (χ1) is 11.5. The molecule has 3 aromatic heterocycles. The van der Waals surface area contributed by atoms with Gasteiger partial charge in [0.1, 0.15) is 4.83 Å². The molecule has 3 N–H and O–H groups in total. The lowest BCUT2D eigenvalue weighted by Crippen LogP contribution is -2.36. The van der Waals surface area contributed by atoms with Crippen molar-refractivity contribution in [2.75, 3.05) is 11.2 Å². The Morgan fingerprint density at radius 2 is 2.04 bits per heavy atom. The van der Waals surface area contributed by atoms with Crippen molar-refractivity contribution in [3.8, 4) is 10.4 Å². The number of carbonyl (C=O) groups is 2. The zero-order chi connectivity index (χ0) is 16.8. The maximum Gasteiger partial charge on any atom is 0.275 e. The van der Waals surface area contributed by atoms with Crippen LogP contribution in [0.25, 0.3) is 20.7 Å². The minimum atomic E-state index is -0.435. The minimum Gasteiger partial charge on any atom is -0.368 e. The lowest BCUT2D eigenvalue weighted by molar-refractivity contribution is -0.135. The number of nitrogens with one attached hydrogen (secondary N) is 1. The second-order valence-electron chi connectivity index (χ2n) is 5.16. The molecule has 25 heavy (non-hydrogen) atoms. The van der Waals surface area contributed by atoms with Crippen LogP contribution in [0.15, 0.2) is 34.5 Å². The van der Waals surface area contributed by atoms with E-state index in [1.807, 2.05) is 22.9 Å². The predicted octanol–water partition coefficient (Wildman–Crippen LogP) is 3.07. The monoisotopic (exact) mass is 393 g/mol. The van der Waals surface area contributed by atoms with E-state index in [0.29, 0.717) is 16.2 Å². The third kappa shape index (κ3) is 2.86. The number of carbonyl (C=O) groups excluding carboxylic acids is 2. The molecule has 0 aliphatic carbocycles. The van der Waals surface area contributed by atoms with E-state index in [2.05, 4.69) is 15.4 Å². The zero-order valence-electron chi connectivity index (χ0n) is 12.8. The van der Waals surface area contributed by atoms with Gasteiger partial charge in [-0.25, -0.2) is 4.98 Å². The van der Waals surface area contributed by atoms with Gasteiger partial charge in [-0.1, -0.05) is 6.07 Å². The summed E-state index contributed by atoms with van der Waals surface area (Å²) < 4.78 is 0. The number of fused-ring (bicyclic) bond motifs is 1. The lowest BCUT2D eigenvalue weighted by Gasteiger charge is -2.17. The molecule has 10 heteroatoms. The second-order valence-corrected chi connectivity index (χ2v) is 6.96. The Morgan fingerprint density at radius 1 is 1.24 bits per heavy atom. The molecule has 4 rings (SSSR count). The third-order valence-electron chi connectivity index (χ3n) is 3.56. The Labute approximate surface area is 156 Å². The van der Waals surface area contributed by atoms with Crippen molar-refractivity contribution in [2.24, 2.45) is 0 Å². The molecule has 0 radical (unpaired) electrons. The van der Waals surface area contributed by atoms with Crippen molar-refractivity contribution in [2.45, 2.75) is 6.92 Å². The van der Waals surface area contributed by atoms with E-state index < -0.39 is 11.8 Å². The molecule has 0 unspecified atom stereocenters. The molecule has 0 saturated carbocycles. The molecule has 128 valence electrons. The molecule has 1 aliphatic rings. The van der Waals surface area contributed by atoms with Crippen LogP contribution in [0.4, 0.5) is 11.8 Å². The molecule has 7 nitrogen and oxygen atoms in total. The number of aromatic nitrogens is 2. The van der Waals surface area contributed by atoms with E-state index >= 15 is 0 Å². The standard InChI is InChI=1S/C15H11N5O2S2.ClH/c1-7-5-10(21)20(14(7)22)19-12-11-8(9-3-2-4-23-9)6-24-13(11)18-15(16)17-12;/h2-6H,1H3,(H3,16,17,18,19);1H. The maximum absolute atomic E-state index is 12.1. The van der Waals surface area contributed by atoms with Gasteiger partial charge in [-0.3, -0.25) is 15.0 Å². The smallest absolute Gasteiger partial charge is 0.275 e. The van der Waals surface area contributed by atoms with Crippen LogP contribution in [0.2, 0.25) is 0 Å². The van der Waals surface area contributed by atoms with Crippen LogP contribution in [0.1, 0.15) is 6.92 Å². The van der Waals surface area contributed by atoms with Gasteiger partial charge in [-0.15, -0.1) is 35.1 Å². The predicted molar refractivity (Wildman–Crippen MR) is 102 cm³/mol. The molecule has 2 amide bonds. The number of thiophene rings is 2. The quantitative estimate of drug-likeness (QED) is 0.663. The topological polar surface area (TPSA) is 101 Å². The normalized spacial score (nSPS) is 14.0. The molecule has 0 saturated heterocycles. The highest BCUT2D eigenvalue weighted by Crippen LogP contribution is 2.39. The molecule has 0 bridgehead atoms. The van der Waals surface area contributed by atoms with Gasteiger partial charge in [0, 0.05) is 27.5 Å². The molecule has 0 atom stereocenters. The van der Waals surface area contributed by atoms with Crippen molar-refractivity contribution >= 4 is 68.9 Å². The van der Waals surface area contributed by atoms with Crippen molar-refractivity contribution in [1.82, 2.24) is 15.0 Å². The first-order valence-corrected chi connectivity index (χ1v) is 8.72. The highest BCUT2D eigenvalue weighted by atomic mass is 35.5. The number of hydrogen-bond acceptors (Lipinski definition) is 8. The SMILES string of the molecule is CC1=CC(=O)N(Nc2nc(N)nc3scc(-c4cccs4)c23)C1=O.Cl. The van der Waals surface area contributed by atoms with Crippen LogP contribution >= 0.6 is 35.1 Å². The summed E-state index contributed by atoms with van der Waals surface area (Å²) in [6.45, 7) is 1.59. The Kier molecular flexibility index (Phi) is 4.46. The van der Waals surface area contributed by atoms with Crippen molar-refractivity contribution in [1.29, 1.82) is 0 Å². The summed E-state index contributed by atoms with van der Waals surface area (Å²) in [7, 11) is 0. The van der Waals surface area contributed by atoms with Gasteiger partial charge in [0.2, 0.25) is 5.95 Å². The largest absolute Gasteiger partial charge is 0.368 e. The highest BCUT2D eigenvalue weighted by molar-refractivity contribution is 7.18. The fourth-order valence-electron chi connectivity index (χ4n) is 2.45. The van der Waals surface area contributed by atoms with Crippen LogP contribution in [-0.4, -0.2) is 26.8 Å². The maximum atomic E-state index is 12.1. The van der Waals surface area contributed by atoms with Crippen LogP contribution in [0.5, 0.6) is 0 Å². The Hall–Kier alpha value is -2.49. The number of rotatable bonds is 3. The number of nitrogens with two attached hydrogens (primary N) is 1. The fraction of sp³-hybridized carbons (Fsp3) is 0.0667. The van der Waals surface area contributed by atoms with Crippen LogP contribution in [0, 0.1) is 0 Å². The van der Waals surface area contributed by atoms with Gasteiger partial charge in [-0.2, -0.15) is 9.99 Å². The average Bonchev–Trinajstić information content (AvgIpc) is 3.23. The van der Waals surface area contributed by atoms with Gasteiger partial charge in [-0.05, 0) is 18.4 Å². The van der Waals surface area contributed by atoms with Crippen molar-refractivity contribution < 1.29 is 9.59 Å². The number of halogens is 1. The average molecular weight is 394 g/mol. The molecule has 1 aliphatic heterocycles. The van der Waals surface area contributed by atoms with E-state index in [9.17, 15) is 9.59 Å². The molecule has 0 aromatic carbocycles. The lowest BCUT2D eigenvalue weighted by atomic mass is 10.2. The number of amides is 2. The highest BCUT2D eigenvalue weighted by Gasteiger charge is 2.30. The molecule has 0 fully saturated rings. The summed E-state index contributed by atoms with van der Waals surface area (Å²) in [5, 5.41) is 5.62. The zero-order valence-corrected chi connectivity index (χ0v) is 15.3. The first-order valence-electron chi connectivity index (χ1n) is 6.96. The summed E-state index contributed by atoms with van der Waals surface area (Å²) in [5.74, 6) is -0.422. The van der Waals surface area contributed by atoms with Gasteiger partial charge < -0.3 is 5.73 Å². The van der Waals surface area contributed by atoms with Crippen molar-refractivity contribution in [3.05, 3.63) is 34.5 Å². The van der Waals surface area contributed by atoms with Crippen LogP contribution < -0.4 is 11.2 Å². The van der Waals surface area contributed by atoms with Crippen LogP contribution in [0.3, 0.4) is 0 Å². The Balaban J connectivity index is 0.00000182. The number of nitrogens with zero attached hydrogens (tertiary/aromatic N) is 3. The summed E-state index contributed by atoms with van der Waals surface area (Å²) in [6, 6.07) is 3.94. The molecule has 4 heterocycles. The minimum absolute atomic E-state index is 0. The summed E-state index contributed by atoms with van der Waals surface area (Å²) in [6.07, 6.45) is 1.28. The van der Waals surface area contributed by atoms with E-state index in [4.69, 9.17) is 5.73 Å². The molecular weight excluding hydrogens is 382 g/mol. The Morgan fingerprint density at radius 3 is 2.68 bits per heavy atom. The van der Waals surface area contributed by atoms with E-state index in [-0.39, 0.29) is 18.4 Å².